The summed E-state index contributed by atoms with van der Waals surface area (Å²) in [4.78, 5) is 32.3. The number of hydrogen-bond acceptors (Lipinski definition) is 7. The van der Waals surface area contributed by atoms with Crippen LogP contribution in [-0.2, 0) is 4.74 Å². The van der Waals surface area contributed by atoms with Gasteiger partial charge < -0.3 is 23.7 Å². The Morgan fingerprint density at radius 3 is 2.36 bits per heavy atom. The summed E-state index contributed by atoms with van der Waals surface area (Å²) in [6.07, 6.45) is 2.59. The number of fused-ring (bicyclic) bond motifs is 1. The SMILES string of the molecule is CN(C)C(=O)c1ccc(-c2cc3nccc(-c4ccc(OC5CCN(C(=O)OC(C)(C)C)CC5)c(C#N)c4)c3o2)cc1. The highest BCUT2D eigenvalue weighted by atomic mass is 16.6. The largest absolute Gasteiger partial charge is 0.489 e. The second kappa shape index (κ2) is 11.6. The van der Waals surface area contributed by atoms with Crippen LogP contribution in [0, 0.1) is 11.3 Å². The minimum atomic E-state index is -0.537. The van der Waals surface area contributed by atoms with E-state index in [-0.39, 0.29) is 18.1 Å². The van der Waals surface area contributed by atoms with E-state index < -0.39 is 5.60 Å². The van der Waals surface area contributed by atoms with E-state index in [1.165, 1.54) is 4.90 Å². The van der Waals surface area contributed by atoms with Gasteiger partial charge in [-0.2, -0.15) is 5.26 Å². The van der Waals surface area contributed by atoms with Gasteiger partial charge in [0.15, 0.2) is 5.58 Å². The summed E-state index contributed by atoms with van der Waals surface area (Å²) in [7, 11) is 3.44. The van der Waals surface area contributed by atoms with E-state index in [2.05, 4.69) is 11.1 Å². The predicted octanol–water partition coefficient (Wildman–Crippen LogP) is 6.51. The molecule has 2 aromatic carbocycles. The van der Waals surface area contributed by atoms with Crippen LogP contribution in [0.25, 0.3) is 33.6 Å². The average Bonchev–Trinajstić information content (AvgIpc) is 3.41. The van der Waals surface area contributed by atoms with Crippen LogP contribution in [0.3, 0.4) is 0 Å². The maximum Gasteiger partial charge on any atom is 0.410 e. The lowest BCUT2D eigenvalue weighted by molar-refractivity contribution is 0.0126. The fourth-order valence-corrected chi connectivity index (χ4v) is 4.89. The lowest BCUT2D eigenvalue weighted by Gasteiger charge is -2.33. The molecule has 4 aromatic rings. The monoisotopic (exact) mass is 566 g/mol. The molecular weight excluding hydrogens is 532 g/mol. The Morgan fingerprint density at radius 2 is 1.71 bits per heavy atom. The summed E-state index contributed by atoms with van der Waals surface area (Å²) in [6, 6.07) is 18.8. The first-order chi connectivity index (χ1) is 20.0. The van der Waals surface area contributed by atoms with Gasteiger partial charge in [0.2, 0.25) is 0 Å². The molecule has 9 nitrogen and oxygen atoms in total. The number of aromatic nitrogens is 1. The number of likely N-dealkylation sites (tertiary alicyclic amines) is 1. The summed E-state index contributed by atoms with van der Waals surface area (Å²) in [6.45, 7) is 6.62. The van der Waals surface area contributed by atoms with Crippen LogP contribution < -0.4 is 4.74 Å². The Bertz CT molecular complexity index is 1650. The van der Waals surface area contributed by atoms with Gasteiger partial charge >= 0.3 is 6.09 Å². The molecule has 0 bridgehead atoms. The second-order valence-electron chi connectivity index (χ2n) is 11.6. The number of nitriles is 1. The Morgan fingerprint density at radius 1 is 1.02 bits per heavy atom. The topological polar surface area (TPSA) is 109 Å². The summed E-state index contributed by atoms with van der Waals surface area (Å²) in [5, 5.41) is 9.94. The molecule has 1 fully saturated rings. The smallest absolute Gasteiger partial charge is 0.410 e. The van der Waals surface area contributed by atoms with Crippen molar-refractivity contribution in [2.45, 2.75) is 45.3 Å². The van der Waals surface area contributed by atoms with Crippen LogP contribution in [0.1, 0.15) is 49.5 Å². The lowest BCUT2D eigenvalue weighted by Crippen LogP contribution is -2.44. The fourth-order valence-electron chi connectivity index (χ4n) is 4.89. The molecule has 0 unspecified atom stereocenters. The number of benzene rings is 2. The Labute approximate surface area is 245 Å². The molecule has 2 aromatic heterocycles. The number of furan rings is 1. The van der Waals surface area contributed by atoms with Gasteiger partial charge in [0.25, 0.3) is 5.91 Å². The van der Waals surface area contributed by atoms with E-state index in [1.807, 2.05) is 57.2 Å². The van der Waals surface area contributed by atoms with Crippen molar-refractivity contribution >= 4 is 23.1 Å². The van der Waals surface area contributed by atoms with Crippen molar-refractivity contribution in [1.29, 1.82) is 5.26 Å². The van der Waals surface area contributed by atoms with Crippen LogP contribution in [0.15, 0.2) is 65.2 Å². The van der Waals surface area contributed by atoms with Gasteiger partial charge in [0.05, 0.1) is 5.56 Å². The molecule has 2 amide bonds. The van der Waals surface area contributed by atoms with E-state index in [0.717, 1.165) is 16.7 Å². The van der Waals surface area contributed by atoms with E-state index in [0.29, 0.717) is 59.7 Å². The van der Waals surface area contributed by atoms with Crippen molar-refractivity contribution in [3.8, 4) is 34.3 Å². The molecule has 42 heavy (non-hydrogen) atoms. The number of piperidine rings is 1. The average molecular weight is 567 g/mol. The van der Waals surface area contributed by atoms with Crippen molar-refractivity contribution in [1.82, 2.24) is 14.8 Å². The van der Waals surface area contributed by atoms with Gasteiger partial charge in [-0.25, -0.2) is 4.79 Å². The van der Waals surface area contributed by atoms with Crippen LogP contribution in [0.5, 0.6) is 5.75 Å². The maximum absolute atomic E-state index is 12.4. The molecule has 0 aliphatic carbocycles. The zero-order valence-electron chi connectivity index (χ0n) is 24.5. The Balaban J connectivity index is 1.33. The minimum Gasteiger partial charge on any atom is -0.489 e. The second-order valence-corrected chi connectivity index (χ2v) is 11.6. The maximum atomic E-state index is 12.4. The third-order valence-corrected chi connectivity index (χ3v) is 7.03. The van der Waals surface area contributed by atoms with Gasteiger partial charge in [0, 0.05) is 69.0 Å². The summed E-state index contributed by atoms with van der Waals surface area (Å²) in [5.41, 5.74) is 4.20. The molecule has 3 heterocycles. The van der Waals surface area contributed by atoms with Gasteiger partial charge in [-0.15, -0.1) is 0 Å². The summed E-state index contributed by atoms with van der Waals surface area (Å²) >= 11 is 0. The molecular formula is C33H34N4O5. The quantitative estimate of drug-likeness (QED) is 0.271. The van der Waals surface area contributed by atoms with Crippen LogP contribution in [0.4, 0.5) is 4.79 Å². The lowest BCUT2D eigenvalue weighted by atomic mass is 10.0. The highest BCUT2D eigenvalue weighted by Crippen LogP contribution is 2.36. The van der Waals surface area contributed by atoms with Crippen LogP contribution in [-0.4, -0.2) is 65.7 Å². The normalized spacial score (nSPS) is 14.0. The van der Waals surface area contributed by atoms with E-state index >= 15 is 0 Å². The zero-order chi connectivity index (χ0) is 30.0. The van der Waals surface area contributed by atoms with E-state index in [1.54, 1.807) is 43.4 Å². The molecule has 5 rings (SSSR count). The standard InChI is InChI=1S/C33H34N4O5/c1-33(2,3)42-32(39)37-16-13-25(14-17-37)40-28-11-10-23(18-24(28)20-34)26-12-15-35-27-19-29(41-30(26)27)21-6-8-22(9-7-21)31(38)36(4)5/h6-12,15,18-19,25H,13-14,16-17H2,1-5H3. The fraction of sp³-hybridized carbons (Fsp3) is 0.333. The van der Waals surface area contributed by atoms with Crippen LogP contribution in [0.2, 0.25) is 0 Å². The molecule has 0 N–H and O–H groups in total. The molecule has 0 radical (unpaired) electrons. The van der Waals surface area contributed by atoms with Gasteiger partial charge in [-0.1, -0.05) is 18.2 Å². The van der Waals surface area contributed by atoms with Gasteiger partial charge in [0.1, 0.15) is 34.8 Å². The first-order valence-electron chi connectivity index (χ1n) is 13.9. The van der Waals surface area contributed by atoms with E-state index in [9.17, 15) is 14.9 Å². The predicted molar refractivity (Wildman–Crippen MR) is 159 cm³/mol. The molecule has 1 aliphatic heterocycles. The summed E-state index contributed by atoms with van der Waals surface area (Å²) in [5.74, 6) is 1.07. The van der Waals surface area contributed by atoms with Gasteiger partial charge in [-0.3, -0.25) is 9.78 Å². The highest BCUT2D eigenvalue weighted by molar-refractivity contribution is 5.95. The first-order valence-corrected chi connectivity index (χ1v) is 13.9. The Hall–Kier alpha value is -4.84. The van der Waals surface area contributed by atoms with Crippen molar-refractivity contribution in [3.05, 3.63) is 71.9 Å². The third-order valence-electron chi connectivity index (χ3n) is 7.03. The molecule has 1 aliphatic rings. The number of carbonyl (C=O) groups excluding carboxylic acids is 2. The van der Waals surface area contributed by atoms with Crippen molar-refractivity contribution in [2.75, 3.05) is 27.2 Å². The molecule has 0 atom stereocenters. The number of amides is 2. The zero-order valence-corrected chi connectivity index (χ0v) is 24.5. The molecule has 216 valence electrons. The number of rotatable bonds is 5. The van der Waals surface area contributed by atoms with Gasteiger partial charge in [-0.05, 0) is 56.7 Å². The van der Waals surface area contributed by atoms with Crippen LogP contribution >= 0.6 is 0 Å². The number of pyridine rings is 1. The highest BCUT2D eigenvalue weighted by Gasteiger charge is 2.28. The molecule has 1 saturated heterocycles. The number of nitrogens with zero attached hydrogens (tertiary/aromatic N) is 4. The molecule has 0 spiro atoms. The summed E-state index contributed by atoms with van der Waals surface area (Å²) < 4.78 is 18.0. The molecule has 9 heteroatoms. The van der Waals surface area contributed by atoms with Crippen molar-refractivity contribution in [3.63, 3.8) is 0 Å². The van der Waals surface area contributed by atoms with Crippen molar-refractivity contribution < 1.29 is 23.5 Å². The van der Waals surface area contributed by atoms with E-state index in [4.69, 9.17) is 13.9 Å². The van der Waals surface area contributed by atoms with Crippen molar-refractivity contribution in [2.24, 2.45) is 0 Å². The third kappa shape index (κ3) is 6.23. The Kier molecular flexibility index (Phi) is 7.90. The number of ether oxygens (including phenoxy) is 2. The molecule has 0 saturated carbocycles. The number of hydrogen-bond donors (Lipinski definition) is 0. The first kappa shape index (κ1) is 28.7. The number of carbonyl (C=O) groups is 2. The minimum absolute atomic E-state index is 0.0675.